The third-order valence-electron chi connectivity index (χ3n) is 4.31. The summed E-state index contributed by atoms with van der Waals surface area (Å²) in [4.78, 5) is 16.4. The molecule has 5 nitrogen and oxygen atoms in total. The summed E-state index contributed by atoms with van der Waals surface area (Å²) >= 11 is 0. The lowest BCUT2D eigenvalue weighted by Gasteiger charge is -2.13. The van der Waals surface area contributed by atoms with Gasteiger partial charge in [0, 0.05) is 48.5 Å². The van der Waals surface area contributed by atoms with Crippen LogP contribution in [0.5, 0.6) is 11.5 Å². The van der Waals surface area contributed by atoms with Gasteiger partial charge in [0.2, 0.25) is 5.91 Å². The van der Waals surface area contributed by atoms with E-state index in [0.717, 1.165) is 46.6 Å². The highest BCUT2D eigenvalue weighted by Gasteiger charge is 2.27. The fourth-order valence-electron chi connectivity index (χ4n) is 3.20. The topological polar surface area (TPSA) is 60.5 Å². The number of benzene rings is 1. The van der Waals surface area contributed by atoms with Crippen LogP contribution in [0.1, 0.15) is 22.3 Å². The van der Waals surface area contributed by atoms with Crippen molar-refractivity contribution in [3.63, 3.8) is 0 Å². The second kappa shape index (κ2) is 5.91. The van der Waals surface area contributed by atoms with Crippen LogP contribution in [0.25, 0.3) is 0 Å². The smallest absolute Gasteiger partial charge is 0.224 e. The number of carbonyl (C=O) groups is 1. The van der Waals surface area contributed by atoms with Gasteiger partial charge in [-0.25, -0.2) is 0 Å². The molecule has 0 fully saturated rings. The second-order valence-electron chi connectivity index (χ2n) is 5.83. The molecule has 0 spiro atoms. The Labute approximate surface area is 134 Å². The van der Waals surface area contributed by atoms with Crippen molar-refractivity contribution >= 4 is 5.91 Å². The molecule has 1 aromatic heterocycles. The molecule has 0 aliphatic carbocycles. The minimum atomic E-state index is -0.00754. The fraction of sp³-hybridized carbons (Fsp3) is 0.333. The van der Waals surface area contributed by atoms with E-state index in [0.29, 0.717) is 26.2 Å². The van der Waals surface area contributed by atoms with Gasteiger partial charge in [-0.3, -0.25) is 9.78 Å². The van der Waals surface area contributed by atoms with Crippen molar-refractivity contribution in [1.82, 2.24) is 10.3 Å². The van der Waals surface area contributed by atoms with E-state index in [9.17, 15) is 4.79 Å². The molecule has 0 atom stereocenters. The monoisotopic (exact) mass is 310 g/mol. The van der Waals surface area contributed by atoms with Crippen LogP contribution < -0.4 is 14.8 Å². The molecule has 118 valence electrons. The third kappa shape index (κ3) is 2.74. The minimum Gasteiger partial charge on any atom is -0.493 e. The summed E-state index contributed by atoms with van der Waals surface area (Å²) in [6, 6.07) is 5.88. The Morgan fingerprint density at radius 2 is 2.17 bits per heavy atom. The van der Waals surface area contributed by atoms with Gasteiger partial charge in [0.05, 0.1) is 19.6 Å². The summed E-state index contributed by atoms with van der Waals surface area (Å²) in [5.41, 5.74) is 4.27. The van der Waals surface area contributed by atoms with E-state index >= 15 is 0 Å². The molecule has 3 heterocycles. The predicted octanol–water partition coefficient (Wildman–Crippen LogP) is 1.81. The Morgan fingerprint density at radius 1 is 1.26 bits per heavy atom. The van der Waals surface area contributed by atoms with Crippen molar-refractivity contribution in [3.8, 4) is 11.5 Å². The molecular weight excluding hydrogens is 292 g/mol. The van der Waals surface area contributed by atoms with Gasteiger partial charge in [-0.15, -0.1) is 0 Å². The van der Waals surface area contributed by atoms with Crippen LogP contribution in [0.2, 0.25) is 0 Å². The Bertz CT molecular complexity index is 711. The first kappa shape index (κ1) is 14.1. The number of amides is 1. The first-order valence-electron chi connectivity index (χ1n) is 7.90. The highest BCUT2D eigenvalue weighted by molar-refractivity contribution is 5.80. The zero-order valence-corrected chi connectivity index (χ0v) is 12.8. The summed E-state index contributed by atoms with van der Waals surface area (Å²) < 4.78 is 11.5. The lowest BCUT2D eigenvalue weighted by atomic mass is 9.97. The van der Waals surface area contributed by atoms with Gasteiger partial charge in [-0.05, 0) is 17.7 Å². The van der Waals surface area contributed by atoms with Crippen LogP contribution in [-0.4, -0.2) is 24.1 Å². The maximum absolute atomic E-state index is 12.4. The second-order valence-corrected chi connectivity index (χ2v) is 5.83. The Morgan fingerprint density at radius 3 is 3.04 bits per heavy atom. The molecule has 0 saturated heterocycles. The molecule has 0 saturated carbocycles. The van der Waals surface area contributed by atoms with Crippen LogP contribution in [0.3, 0.4) is 0 Å². The van der Waals surface area contributed by atoms with E-state index in [1.165, 1.54) is 0 Å². The van der Waals surface area contributed by atoms with E-state index in [1.807, 2.05) is 12.1 Å². The number of hydrogen-bond donors (Lipinski definition) is 1. The van der Waals surface area contributed by atoms with Crippen molar-refractivity contribution in [2.24, 2.45) is 0 Å². The van der Waals surface area contributed by atoms with Gasteiger partial charge in [0.25, 0.3) is 0 Å². The number of aromatic nitrogens is 1. The Balaban J connectivity index is 1.51. The van der Waals surface area contributed by atoms with Crippen LogP contribution in [0, 0.1) is 0 Å². The molecule has 0 unspecified atom stereocenters. The normalized spacial score (nSPS) is 14.6. The van der Waals surface area contributed by atoms with E-state index in [2.05, 4.69) is 16.4 Å². The maximum atomic E-state index is 12.4. The quantitative estimate of drug-likeness (QED) is 0.935. The largest absolute Gasteiger partial charge is 0.493 e. The molecule has 0 bridgehead atoms. The number of ether oxygens (including phenoxy) is 2. The fourth-order valence-corrected chi connectivity index (χ4v) is 3.20. The highest BCUT2D eigenvalue weighted by atomic mass is 16.5. The van der Waals surface area contributed by atoms with Crippen LogP contribution in [-0.2, 0) is 30.6 Å². The van der Waals surface area contributed by atoms with E-state index < -0.39 is 0 Å². The van der Waals surface area contributed by atoms with Gasteiger partial charge in [-0.1, -0.05) is 6.07 Å². The SMILES string of the molecule is O=C(Cc1c2c(cc3c1OCC3)OCC2)NCc1cccnc1. The standard InChI is InChI=1S/C18H18N2O3/c21-17(20-11-12-2-1-5-19-10-12)9-15-14-4-7-22-16(14)8-13-3-6-23-18(13)15/h1-2,5,8,10H,3-4,6-7,9,11H2,(H,20,21). The number of hydrogen-bond acceptors (Lipinski definition) is 4. The summed E-state index contributed by atoms with van der Waals surface area (Å²) in [7, 11) is 0. The molecular formula is C18H18N2O3. The van der Waals surface area contributed by atoms with Crippen LogP contribution in [0.4, 0.5) is 0 Å². The number of nitrogens with zero attached hydrogens (tertiary/aromatic N) is 1. The average Bonchev–Trinajstić information content (AvgIpc) is 3.22. The lowest BCUT2D eigenvalue weighted by Crippen LogP contribution is -2.25. The zero-order valence-electron chi connectivity index (χ0n) is 12.8. The maximum Gasteiger partial charge on any atom is 0.224 e. The third-order valence-corrected chi connectivity index (χ3v) is 4.31. The van der Waals surface area contributed by atoms with Gasteiger partial charge in [0.15, 0.2) is 0 Å². The molecule has 2 aliphatic heterocycles. The number of rotatable bonds is 4. The predicted molar refractivity (Wildman–Crippen MR) is 84.6 cm³/mol. The Kier molecular flexibility index (Phi) is 3.61. The molecule has 1 aromatic carbocycles. The van der Waals surface area contributed by atoms with Crippen molar-refractivity contribution in [2.45, 2.75) is 25.8 Å². The van der Waals surface area contributed by atoms with Crippen molar-refractivity contribution in [2.75, 3.05) is 13.2 Å². The minimum absolute atomic E-state index is 0.00754. The van der Waals surface area contributed by atoms with Crippen molar-refractivity contribution < 1.29 is 14.3 Å². The summed E-state index contributed by atoms with van der Waals surface area (Å²) in [6.07, 6.45) is 5.54. The summed E-state index contributed by atoms with van der Waals surface area (Å²) in [5.74, 6) is 1.81. The first-order chi connectivity index (χ1) is 11.3. The van der Waals surface area contributed by atoms with Crippen molar-refractivity contribution in [1.29, 1.82) is 0 Å². The first-order valence-corrected chi connectivity index (χ1v) is 7.90. The highest BCUT2D eigenvalue weighted by Crippen LogP contribution is 2.40. The Hall–Kier alpha value is -2.56. The molecule has 5 heteroatoms. The molecule has 1 N–H and O–H groups in total. The average molecular weight is 310 g/mol. The summed E-state index contributed by atoms with van der Waals surface area (Å²) in [6.45, 7) is 1.85. The molecule has 1 amide bonds. The van der Waals surface area contributed by atoms with Gasteiger partial charge >= 0.3 is 0 Å². The molecule has 4 rings (SSSR count). The van der Waals surface area contributed by atoms with Crippen LogP contribution >= 0.6 is 0 Å². The van der Waals surface area contributed by atoms with E-state index in [-0.39, 0.29) is 5.91 Å². The van der Waals surface area contributed by atoms with Gasteiger partial charge in [0.1, 0.15) is 11.5 Å². The van der Waals surface area contributed by atoms with Gasteiger partial charge in [-0.2, -0.15) is 0 Å². The number of pyridine rings is 1. The molecule has 2 aliphatic rings. The number of carbonyl (C=O) groups excluding carboxylic acids is 1. The van der Waals surface area contributed by atoms with Crippen LogP contribution in [0.15, 0.2) is 30.6 Å². The van der Waals surface area contributed by atoms with Crippen molar-refractivity contribution in [3.05, 3.63) is 52.8 Å². The summed E-state index contributed by atoms with van der Waals surface area (Å²) in [5, 5.41) is 2.95. The lowest BCUT2D eigenvalue weighted by molar-refractivity contribution is -0.120. The molecule has 0 radical (unpaired) electrons. The zero-order chi connectivity index (χ0) is 15.6. The van der Waals surface area contributed by atoms with Gasteiger partial charge < -0.3 is 14.8 Å². The van der Waals surface area contributed by atoms with E-state index in [1.54, 1.807) is 12.4 Å². The number of fused-ring (bicyclic) bond motifs is 2. The molecule has 2 aromatic rings. The van der Waals surface area contributed by atoms with E-state index in [4.69, 9.17) is 9.47 Å². The number of nitrogens with one attached hydrogen (secondary N) is 1. The molecule has 23 heavy (non-hydrogen) atoms.